The Morgan fingerprint density at radius 2 is 1.96 bits per heavy atom. The lowest BCUT2D eigenvalue weighted by Crippen LogP contribution is -2.19. The van der Waals surface area contributed by atoms with Crippen molar-refractivity contribution in [3.63, 3.8) is 0 Å². The van der Waals surface area contributed by atoms with Gasteiger partial charge in [0.15, 0.2) is 0 Å². The third kappa shape index (κ3) is 4.78. The molecule has 1 aliphatic rings. The highest BCUT2D eigenvalue weighted by Gasteiger charge is 2.13. The van der Waals surface area contributed by atoms with E-state index in [9.17, 15) is 13.6 Å². The van der Waals surface area contributed by atoms with Crippen LogP contribution >= 0.6 is 0 Å². The van der Waals surface area contributed by atoms with E-state index in [1.165, 1.54) is 31.1 Å². The van der Waals surface area contributed by atoms with Crippen LogP contribution in [0.2, 0.25) is 0 Å². The van der Waals surface area contributed by atoms with Gasteiger partial charge < -0.3 is 15.0 Å². The molecule has 0 spiro atoms. The molecule has 1 aromatic carbocycles. The summed E-state index contributed by atoms with van der Waals surface area (Å²) in [6.45, 7) is -0.915. The summed E-state index contributed by atoms with van der Waals surface area (Å²) in [4.78, 5) is 18.6. The molecule has 3 rings (SSSR count). The summed E-state index contributed by atoms with van der Waals surface area (Å²) in [5.74, 6) is 0.532. The highest BCUT2D eigenvalue weighted by atomic mass is 19.3. The molecule has 1 amide bonds. The summed E-state index contributed by atoms with van der Waals surface area (Å²) < 4.78 is 29.2. The molecule has 0 atom stereocenters. The van der Waals surface area contributed by atoms with E-state index in [4.69, 9.17) is 0 Å². The zero-order chi connectivity index (χ0) is 18.4. The van der Waals surface area contributed by atoms with Crippen LogP contribution in [-0.4, -0.2) is 30.6 Å². The summed E-state index contributed by atoms with van der Waals surface area (Å²) in [7, 11) is 0. The molecule has 1 aromatic heterocycles. The number of hydrogen-bond donors (Lipinski definition) is 1. The van der Waals surface area contributed by atoms with E-state index in [1.54, 1.807) is 30.5 Å². The molecule has 1 aliphatic heterocycles. The van der Waals surface area contributed by atoms with Gasteiger partial charge in [-0.1, -0.05) is 18.2 Å². The molecule has 2 aromatic rings. The minimum absolute atomic E-state index is 0.0168. The Labute approximate surface area is 150 Å². The van der Waals surface area contributed by atoms with Gasteiger partial charge in [-0.25, -0.2) is 4.98 Å². The van der Waals surface area contributed by atoms with Crippen LogP contribution in [0, 0.1) is 0 Å². The number of alkyl halides is 2. The number of pyridine rings is 1. The van der Waals surface area contributed by atoms with Gasteiger partial charge in [-0.15, -0.1) is 0 Å². The fraction of sp³-hybridized carbons (Fsp3) is 0.263. The van der Waals surface area contributed by atoms with Gasteiger partial charge in [0.25, 0.3) is 0 Å². The number of hydrogen-bond acceptors (Lipinski definition) is 4. The van der Waals surface area contributed by atoms with Crippen LogP contribution < -0.4 is 15.0 Å². The molecular formula is C19H19F2N3O2. The number of nitrogens with zero attached hydrogens (tertiary/aromatic N) is 2. The van der Waals surface area contributed by atoms with Gasteiger partial charge in [-0.05, 0) is 37.1 Å². The smallest absolute Gasteiger partial charge is 0.387 e. The molecule has 0 radical (unpaired) electrons. The van der Waals surface area contributed by atoms with Crippen LogP contribution in [0.3, 0.4) is 0 Å². The van der Waals surface area contributed by atoms with Crippen LogP contribution in [0.5, 0.6) is 5.75 Å². The molecule has 5 nitrogen and oxygen atoms in total. The molecule has 26 heavy (non-hydrogen) atoms. The second-order valence-corrected chi connectivity index (χ2v) is 5.84. The third-order valence-corrected chi connectivity index (χ3v) is 3.99. The average molecular weight is 359 g/mol. The van der Waals surface area contributed by atoms with Gasteiger partial charge in [0.1, 0.15) is 11.6 Å². The number of ether oxygens (including phenoxy) is 1. The molecule has 136 valence electrons. The van der Waals surface area contributed by atoms with Crippen molar-refractivity contribution in [3.05, 3.63) is 54.2 Å². The van der Waals surface area contributed by atoms with Crippen LogP contribution in [0.15, 0.2) is 48.7 Å². The van der Waals surface area contributed by atoms with E-state index in [0.29, 0.717) is 11.3 Å². The van der Waals surface area contributed by atoms with Crippen molar-refractivity contribution in [1.29, 1.82) is 0 Å². The van der Waals surface area contributed by atoms with Gasteiger partial charge in [0.05, 0.1) is 11.9 Å². The van der Waals surface area contributed by atoms with E-state index >= 15 is 0 Å². The van der Waals surface area contributed by atoms with Crippen LogP contribution in [0.1, 0.15) is 18.4 Å². The Morgan fingerprint density at radius 1 is 1.19 bits per heavy atom. The van der Waals surface area contributed by atoms with E-state index in [-0.39, 0.29) is 11.7 Å². The summed E-state index contributed by atoms with van der Waals surface area (Å²) in [5.41, 5.74) is 0.963. The number of para-hydroxylation sites is 1. The van der Waals surface area contributed by atoms with Crippen LogP contribution in [0.4, 0.5) is 20.3 Å². The largest absolute Gasteiger partial charge is 0.434 e. The van der Waals surface area contributed by atoms with Crippen molar-refractivity contribution in [2.75, 3.05) is 23.3 Å². The number of nitrogens with one attached hydrogen (secondary N) is 1. The Balaban J connectivity index is 1.61. The van der Waals surface area contributed by atoms with E-state index in [2.05, 4.69) is 19.9 Å². The first-order valence-corrected chi connectivity index (χ1v) is 8.36. The molecule has 1 saturated heterocycles. The predicted octanol–water partition coefficient (Wildman–Crippen LogP) is 3.94. The molecular weight excluding hydrogens is 340 g/mol. The lowest BCUT2D eigenvalue weighted by atomic mass is 10.2. The number of amides is 1. The lowest BCUT2D eigenvalue weighted by molar-refractivity contribution is -0.111. The molecule has 0 bridgehead atoms. The van der Waals surface area contributed by atoms with Crippen molar-refractivity contribution >= 4 is 23.5 Å². The van der Waals surface area contributed by atoms with E-state index in [1.807, 2.05) is 6.07 Å². The Morgan fingerprint density at radius 3 is 2.65 bits per heavy atom. The number of carbonyl (C=O) groups is 1. The Kier molecular flexibility index (Phi) is 5.78. The SMILES string of the molecule is O=C(/C=C/c1ccccc1OC(F)F)Nc1ccc(N2CCCC2)nc1. The number of benzene rings is 1. The summed E-state index contributed by atoms with van der Waals surface area (Å²) in [5, 5.41) is 2.69. The van der Waals surface area contributed by atoms with Crippen molar-refractivity contribution < 1.29 is 18.3 Å². The molecule has 7 heteroatoms. The van der Waals surface area contributed by atoms with Crippen molar-refractivity contribution in [2.45, 2.75) is 19.5 Å². The fourth-order valence-corrected chi connectivity index (χ4v) is 2.76. The number of halogens is 2. The number of anilines is 2. The quantitative estimate of drug-likeness (QED) is 0.794. The van der Waals surface area contributed by atoms with Crippen molar-refractivity contribution in [1.82, 2.24) is 4.98 Å². The van der Waals surface area contributed by atoms with Gasteiger partial charge in [0, 0.05) is 24.7 Å². The number of carbonyl (C=O) groups excluding carboxylic acids is 1. The highest BCUT2D eigenvalue weighted by molar-refractivity contribution is 6.02. The van der Waals surface area contributed by atoms with Crippen LogP contribution in [-0.2, 0) is 4.79 Å². The monoisotopic (exact) mass is 359 g/mol. The van der Waals surface area contributed by atoms with Crippen LogP contribution in [0.25, 0.3) is 6.08 Å². The average Bonchev–Trinajstić information content (AvgIpc) is 3.16. The summed E-state index contributed by atoms with van der Waals surface area (Å²) in [6.07, 6.45) is 6.64. The first-order valence-electron chi connectivity index (χ1n) is 8.36. The zero-order valence-electron chi connectivity index (χ0n) is 14.1. The van der Waals surface area contributed by atoms with Gasteiger partial charge in [0.2, 0.25) is 5.91 Å². The predicted molar refractivity (Wildman–Crippen MR) is 96.4 cm³/mol. The molecule has 0 aliphatic carbocycles. The normalized spacial score (nSPS) is 14.2. The highest BCUT2D eigenvalue weighted by Crippen LogP contribution is 2.22. The van der Waals surface area contributed by atoms with Gasteiger partial charge in [-0.2, -0.15) is 8.78 Å². The minimum Gasteiger partial charge on any atom is -0.434 e. The number of rotatable bonds is 6. The maximum Gasteiger partial charge on any atom is 0.387 e. The summed E-state index contributed by atoms with van der Waals surface area (Å²) in [6, 6.07) is 9.94. The first kappa shape index (κ1) is 17.8. The van der Waals surface area contributed by atoms with Crippen molar-refractivity contribution in [3.8, 4) is 5.75 Å². The van der Waals surface area contributed by atoms with Gasteiger partial charge >= 0.3 is 6.61 Å². The Hall–Kier alpha value is -2.96. The van der Waals surface area contributed by atoms with E-state index < -0.39 is 6.61 Å². The molecule has 0 unspecified atom stereocenters. The maximum absolute atomic E-state index is 12.4. The standard InChI is InChI=1S/C19H19F2N3O2/c20-19(21)26-16-6-2-1-5-14(16)7-10-18(25)23-15-8-9-17(22-13-15)24-11-3-4-12-24/h1-2,5-10,13,19H,3-4,11-12H2,(H,23,25)/b10-7+. The molecule has 1 fully saturated rings. The fourth-order valence-electron chi connectivity index (χ4n) is 2.76. The lowest BCUT2D eigenvalue weighted by Gasteiger charge is -2.16. The molecule has 0 saturated carbocycles. The minimum atomic E-state index is -2.92. The van der Waals surface area contributed by atoms with Crippen molar-refractivity contribution in [2.24, 2.45) is 0 Å². The van der Waals surface area contributed by atoms with E-state index in [0.717, 1.165) is 18.9 Å². The Bertz CT molecular complexity index is 773. The summed E-state index contributed by atoms with van der Waals surface area (Å²) >= 11 is 0. The molecule has 1 N–H and O–H groups in total. The van der Waals surface area contributed by atoms with Gasteiger partial charge in [-0.3, -0.25) is 4.79 Å². The second-order valence-electron chi connectivity index (χ2n) is 5.84. The first-order chi connectivity index (χ1) is 12.6. The second kappa shape index (κ2) is 8.42. The maximum atomic E-state index is 12.4. The molecule has 2 heterocycles. The number of aromatic nitrogens is 1. The topological polar surface area (TPSA) is 54.5 Å². The zero-order valence-corrected chi connectivity index (χ0v) is 14.1. The third-order valence-electron chi connectivity index (χ3n) is 3.99.